The molecule has 0 bridgehead atoms. The zero-order chi connectivity index (χ0) is 9.97. The molecule has 2 aliphatic rings. The molecular weight excluding hydrogens is 176 g/mol. The molecule has 0 unspecified atom stereocenters. The van der Waals surface area contributed by atoms with E-state index in [2.05, 4.69) is 15.7 Å². The van der Waals surface area contributed by atoms with Crippen molar-refractivity contribution in [1.29, 1.82) is 0 Å². The molecule has 0 amide bonds. The fraction of sp³-hybridized carbons (Fsp3) is 0.900. The minimum absolute atomic E-state index is 0.705. The predicted molar refractivity (Wildman–Crippen MR) is 57.6 cm³/mol. The van der Waals surface area contributed by atoms with E-state index in [1.54, 1.807) is 7.05 Å². The van der Waals surface area contributed by atoms with Crippen molar-refractivity contribution in [3.8, 4) is 0 Å². The van der Waals surface area contributed by atoms with E-state index in [1.165, 1.54) is 25.7 Å². The molecule has 4 nitrogen and oxygen atoms in total. The maximum absolute atomic E-state index is 5.31. The van der Waals surface area contributed by atoms with Gasteiger partial charge in [0.05, 0.1) is 0 Å². The summed E-state index contributed by atoms with van der Waals surface area (Å²) in [6.45, 7) is 1.03. The molecule has 14 heavy (non-hydrogen) atoms. The van der Waals surface area contributed by atoms with Crippen LogP contribution in [0.4, 0.5) is 0 Å². The van der Waals surface area contributed by atoms with Gasteiger partial charge in [-0.05, 0) is 43.4 Å². The molecule has 80 valence electrons. The van der Waals surface area contributed by atoms with Gasteiger partial charge in [-0.25, -0.2) is 5.84 Å². The molecule has 0 aromatic carbocycles. The lowest BCUT2D eigenvalue weighted by molar-refractivity contribution is 0.400. The lowest BCUT2D eigenvalue weighted by atomic mass is 9.98. The molecule has 0 spiro atoms. The Morgan fingerprint density at radius 2 is 1.93 bits per heavy atom. The summed E-state index contributed by atoms with van der Waals surface area (Å²) in [4.78, 5) is 4.01. The average molecular weight is 196 g/mol. The molecule has 0 aromatic heterocycles. The first-order valence-corrected chi connectivity index (χ1v) is 5.52. The Hall–Kier alpha value is -0.770. The number of aliphatic imine (C=N–C) groups is 1. The Kier molecular flexibility index (Phi) is 2.91. The van der Waals surface area contributed by atoms with Crippen molar-refractivity contribution < 1.29 is 0 Å². The summed E-state index contributed by atoms with van der Waals surface area (Å²) in [5.41, 5.74) is 2.56. The summed E-state index contributed by atoms with van der Waals surface area (Å²) in [5.74, 6) is 8.83. The summed E-state index contributed by atoms with van der Waals surface area (Å²) in [5, 5.41) is 3.28. The summed E-state index contributed by atoms with van der Waals surface area (Å²) in [7, 11) is 1.74. The van der Waals surface area contributed by atoms with Gasteiger partial charge in [0.1, 0.15) is 0 Å². The second kappa shape index (κ2) is 4.17. The van der Waals surface area contributed by atoms with Gasteiger partial charge in [0.15, 0.2) is 0 Å². The molecule has 2 saturated carbocycles. The SMILES string of the molecule is CN=C(NN)NCC(C1CC1)C1CC1. The largest absolute Gasteiger partial charge is 0.355 e. The molecule has 0 atom stereocenters. The number of hydrogen-bond acceptors (Lipinski definition) is 2. The number of nitrogens with one attached hydrogen (secondary N) is 2. The van der Waals surface area contributed by atoms with Crippen molar-refractivity contribution in [2.75, 3.05) is 13.6 Å². The number of hydrazine groups is 1. The van der Waals surface area contributed by atoms with Gasteiger partial charge >= 0.3 is 0 Å². The van der Waals surface area contributed by atoms with Gasteiger partial charge in [-0.1, -0.05) is 0 Å². The highest BCUT2D eigenvalue weighted by Gasteiger charge is 2.41. The van der Waals surface area contributed by atoms with E-state index in [4.69, 9.17) is 5.84 Å². The predicted octanol–water partition coefficient (Wildman–Crippen LogP) is 0.461. The van der Waals surface area contributed by atoms with Crippen molar-refractivity contribution in [2.24, 2.45) is 28.6 Å². The summed E-state index contributed by atoms with van der Waals surface area (Å²) >= 11 is 0. The van der Waals surface area contributed by atoms with E-state index >= 15 is 0 Å². The highest BCUT2D eigenvalue weighted by atomic mass is 15.3. The smallest absolute Gasteiger partial charge is 0.205 e. The molecule has 2 fully saturated rings. The fourth-order valence-electron chi connectivity index (χ4n) is 2.18. The van der Waals surface area contributed by atoms with Gasteiger partial charge in [-0.2, -0.15) is 0 Å². The van der Waals surface area contributed by atoms with E-state index in [0.717, 1.165) is 24.3 Å². The lowest BCUT2D eigenvalue weighted by Crippen LogP contribution is -2.43. The topological polar surface area (TPSA) is 62.4 Å². The molecule has 4 N–H and O–H groups in total. The molecule has 0 radical (unpaired) electrons. The second-order valence-corrected chi connectivity index (χ2v) is 4.44. The first-order valence-electron chi connectivity index (χ1n) is 5.52. The van der Waals surface area contributed by atoms with Gasteiger partial charge in [0, 0.05) is 13.6 Å². The third kappa shape index (κ3) is 2.38. The number of rotatable bonds is 4. The molecular formula is C10H20N4. The summed E-state index contributed by atoms with van der Waals surface area (Å²) in [6, 6.07) is 0. The van der Waals surface area contributed by atoms with Crippen molar-refractivity contribution in [3.63, 3.8) is 0 Å². The number of hydrogen-bond donors (Lipinski definition) is 3. The zero-order valence-electron chi connectivity index (χ0n) is 8.79. The van der Waals surface area contributed by atoms with Crippen LogP contribution in [0.15, 0.2) is 4.99 Å². The van der Waals surface area contributed by atoms with Crippen LogP contribution < -0.4 is 16.6 Å². The first kappa shape index (κ1) is 9.77. The number of guanidine groups is 1. The van der Waals surface area contributed by atoms with Gasteiger partial charge in [0.25, 0.3) is 0 Å². The van der Waals surface area contributed by atoms with Crippen LogP contribution in [0.25, 0.3) is 0 Å². The minimum Gasteiger partial charge on any atom is -0.355 e. The molecule has 2 rings (SSSR count). The second-order valence-electron chi connectivity index (χ2n) is 4.44. The summed E-state index contributed by atoms with van der Waals surface area (Å²) in [6.07, 6.45) is 5.71. The van der Waals surface area contributed by atoms with Crippen LogP contribution >= 0.6 is 0 Å². The van der Waals surface area contributed by atoms with E-state index in [-0.39, 0.29) is 0 Å². The monoisotopic (exact) mass is 196 g/mol. The third-order valence-electron chi connectivity index (χ3n) is 3.32. The number of nitrogens with zero attached hydrogens (tertiary/aromatic N) is 1. The van der Waals surface area contributed by atoms with Crippen LogP contribution in [-0.2, 0) is 0 Å². The average Bonchev–Trinajstić information content (AvgIpc) is 3.03. The van der Waals surface area contributed by atoms with Crippen LogP contribution in [0.2, 0.25) is 0 Å². The molecule has 0 saturated heterocycles. The zero-order valence-corrected chi connectivity index (χ0v) is 8.79. The van der Waals surface area contributed by atoms with Crippen molar-refractivity contribution in [2.45, 2.75) is 25.7 Å². The van der Waals surface area contributed by atoms with Gasteiger partial charge in [-0.15, -0.1) is 0 Å². The van der Waals surface area contributed by atoms with Crippen LogP contribution in [0.3, 0.4) is 0 Å². The Morgan fingerprint density at radius 3 is 2.29 bits per heavy atom. The van der Waals surface area contributed by atoms with Crippen LogP contribution in [0, 0.1) is 17.8 Å². The van der Waals surface area contributed by atoms with E-state index in [9.17, 15) is 0 Å². The van der Waals surface area contributed by atoms with Gasteiger partial charge < -0.3 is 5.32 Å². The molecule has 0 aromatic rings. The van der Waals surface area contributed by atoms with E-state index in [1.807, 2.05) is 0 Å². The Bertz CT molecular complexity index is 206. The standard InChI is InChI=1S/C10H20N4/c1-12-10(14-11)13-6-9(7-2-3-7)8-4-5-8/h7-9H,2-6,11H2,1H3,(H2,12,13,14). The van der Waals surface area contributed by atoms with Crippen LogP contribution in [0.5, 0.6) is 0 Å². The van der Waals surface area contributed by atoms with Crippen molar-refractivity contribution in [3.05, 3.63) is 0 Å². The van der Waals surface area contributed by atoms with Crippen LogP contribution in [0.1, 0.15) is 25.7 Å². The quantitative estimate of drug-likeness (QED) is 0.265. The van der Waals surface area contributed by atoms with E-state index < -0.39 is 0 Å². The van der Waals surface area contributed by atoms with Gasteiger partial charge in [0.2, 0.25) is 5.96 Å². The molecule has 0 heterocycles. The minimum atomic E-state index is 0.705. The third-order valence-corrected chi connectivity index (χ3v) is 3.32. The van der Waals surface area contributed by atoms with E-state index in [0.29, 0.717) is 5.96 Å². The molecule has 0 aliphatic heterocycles. The van der Waals surface area contributed by atoms with Crippen molar-refractivity contribution >= 4 is 5.96 Å². The normalized spacial score (nSPS) is 22.6. The van der Waals surface area contributed by atoms with Crippen molar-refractivity contribution in [1.82, 2.24) is 10.7 Å². The Labute approximate surface area is 85.3 Å². The highest BCUT2D eigenvalue weighted by molar-refractivity contribution is 5.78. The maximum atomic E-state index is 5.31. The maximum Gasteiger partial charge on any atom is 0.205 e. The van der Waals surface area contributed by atoms with Gasteiger partial charge in [-0.3, -0.25) is 10.4 Å². The summed E-state index contributed by atoms with van der Waals surface area (Å²) < 4.78 is 0. The molecule has 2 aliphatic carbocycles. The van der Waals surface area contributed by atoms with Crippen LogP contribution in [-0.4, -0.2) is 19.6 Å². The fourth-order valence-corrected chi connectivity index (χ4v) is 2.18. The lowest BCUT2D eigenvalue weighted by Gasteiger charge is -2.17. The Balaban J connectivity index is 1.76. The highest BCUT2D eigenvalue weighted by Crippen LogP contribution is 2.48. The first-order chi connectivity index (χ1) is 6.85. The molecule has 4 heteroatoms. The Morgan fingerprint density at radius 1 is 1.36 bits per heavy atom. The number of nitrogens with two attached hydrogens (primary N) is 1.